The molecule has 0 radical (unpaired) electrons. The molecule has 0 saturated heterocycles. The Hall–Kier alpha value is -3.78. The molecule has 5 aromatic carbocycles. The van der Waals surface area contributed by atoms with Gasteiger partial charge in [-0.05, 0) is 89.6 Å². The van der Waals surface area contributed by atoms with E-state index in [0.717, 1.165) is 23.5 Å². The van der Waals surface area contributed by atoms with E-state index in [2.05, 4.69) is 132 Å². The van der Waals surface area contributed by atoms with Crippen LogP contribution in [0.5, 0.6) is 0 Å². The van der Waals surface area contributed by atoms with Crippen LogP contribution in [0.15, 0.2) is 84.1 Å². The van der Waals surface area contributed by atoms with Crippen LogP contribution in [0.4, 0.5) is 17.1 Å². The number of aryl methyl sites for hydroxylation is 2. The Morgan fingerprint density at radius 3 is 1.97 bits per heavy atom. The van der Waals surface area contributed by atoms with Crippen molar-refractivity contribution in [3.05, 3.63) is 101 Å². The predicted octanol–water partition coefficient (Wildman–Crippen LogP) is 10.5. The van der Waals surface area contributed by atoms with Crippen LogP contribution in [0.3, 0.4) is 0 Å². The second-order valence-corrected chi connectivity index (χ2v) is 12.4. The van der Waals surface area contributed by atoms with Crippen molar-refractivity contribution in [1.29, 1.82) is 0 Å². The Kier molecular flexibility index (Phi) is 5.76. The third-order valence-electron chi connectivity index (χ3n) is 8.18. The summed E-state index contributed by atoms with van der Waals surface area (Å²) in [5.74, 6) is 0.584. The second-order valence-electron chi connectivity index (χ2n) is 12.4. The molecule has 0 fully saturated rings. The molecule has 0 saturated carbocycles. The van der Waals surface area contributed by atoms with E-state index in [-0.39, 0.29) is 5.41 Å². The van der Waals surface area contributed by atoms with Gasteiger partial charge in [0, 0.05) is 38.9 Å². The van der Waals surface area contributed by atoms with Crippen molar-refractivity contribution >= 4 is 49.4 Å². The predicted molar refractivity (Wildman–Crippen MR) is 167 cm³/mol. The van der Waals surface area contributed by atoms with Crippen molar-refractivity contribution in [2.24, 2.45) is 5.92 Å². The van der Waals surface area contributed by atoms with Gasteiger partial charge in [0.05, 0.1) is 0 Å². The van der Waals surface area contributed by atoms with Crippen LogP contribution >= 0.6 is 0 Å². The van der Waals surface area contributed by atoms with Crippen LogP contribution in [0.1, 0.15) is 57.7 Å². The van der Waals surface area contributed by atoms with Gasteiger partial charge in [0.15, 0.2) is 0 Å². The lowest BCUT2D eigenvalue weighted by atomic mass is 9.83. The molecular weight excluding hydrogens is 460 g/mol. The van der Waals surface area contributed by atoms with Crippen molar-refractivity contribution in [3.63, 3.8) is 0 Å². The maximum absolute atomic E-state index is 3.84. The smallest absolute Gasteiger partial charge is 0.0485 e. The highest BCUT2D eigenvalue weighted by Gasteiger charge is 2.20. The fourth-order valence-corrected chi connectivity index (χ4v) is 6.01. The van der Waals surface area contributed by atoms with Crippen molar-refractivity contribution in [2.45, 2.75) is 60.3 Å². The highest BCUT2D eigenvalue weighted by Crippen LogP contribution is 2.44. The average molecular weight is 499 g/mol. The van der Waals surface area contributed by atoms with Crippen LogP contribution in [-0.2, 0) is 5.41 Å². The quantitative estimate of drug-likeness (QED) is 0.241. The summed E-state index contributed by atoms with van der Waals surface area (Å²) in [5, 5.41) is 15.5. The van der Waals surface area contributed by atoms with Crippen LogP contribution in [0.2, 0.25) is 0 Å². The molecule has 6 rings (SSSR count). The van der Waals surface area contributed by atoms with Gasteiger partial charge in [-0.25, -0.2) is 0 Å². The van der Waals surface area contributed by atoms with Gasteiger partial charge in [0.2, 0.25) is 0 Å². The number of hydrogen-bond acceptors (Lipinski definition) is 2. The summed E-state index contributed by atoms with van der Waals surface area (Å²) in [6.45, 7) is 15.7. The fourth-order valence-electron chi connectivity index (χ4n) is 6.01. The molecule has 5 aromatic rings. The van der Waals surface area contributed by atoms with Crippen molar-refractivity contribution in [1.82, 2.24) is 0 Å². The molecule has 0 heterocycles. The van der Waals surface area contributed by atoms with E-state index in [4.69, 9.17) is 0 Å². The topological polar surface area (TPSA) is 24.1 Å². The molecule has 0 aliphatic heterocycles. The first-order chi connectivity index (χ1) is 18.1. The van der Waals surface area contributed by atoms with E-state index in [1.54, 1.807) is 0 Å². The third-order valence-corrected chi connectivity index (χ3v) is 8.18. The molecule has 0 spiro atoms. The van der Waals surface area contributed by atoms with E-state index in [1.165, 1.54) is 60.3 Å². The zero-order chi connectivity index (χ0) is 26.8. The molecule has 1 atom stereocenters. The van der Waals surface area contributed by atoms with Crippen LogP contribution in [0.25, 0.3) is 32.3 Å². The van der Waals surface area contributed by atoms with Gasteiger partial charge in [-0.3, -0.25) is 0 Å². The maximum Gasteiger partial charge on any atom is 0.0485 e. The summed E-state index contributed by atoms with van der Waals surface area (Å²) in [6.07, 6.45) is 5.66. The standard InChI is InChI=1S/C36H38N2/c1-21-8-14-30(23(3)16-21)37-32-20-33(38-31-15-9-22(2)17-24(31)4)29-13-11-26-19-27(36(5,6)7)18-25-10-12-28(32)35(29)34(25)26/h8-16,18-20,22,37-38H,17H2,1-7H3. The fraction of sp³-hybridized carbons (Fsp3) is 0.278. The molecule has 1 aliphatic rings. The lowest BCUT2D eigenvalue weighted by Gasteiger charge is -2.24. The third kappa shape index (κ3) is 4.22. The number of hydrogen-bond donors (Lipinski definition) is 2. The largest absolute Gasteiger partial charge is 0.355 e. The SMILES string of the molecule is CC1=C(Nc2cc(Nc3ccc(C)cc3C)c3ccc4cc(C(C)(C)C)cc5ccc2c3c54)C=CC(C)C1. The van der Waals surface area contributed by atoms with Crippen molar-refractivity contribution < 1.29 is 0 Å². The summed E-state index contributed by atoms with van der Waals surface area (Å²) in [6, 6.07) is 22.9. The van der Waals surface area contributed by atoms with Crippen molar-refractivity contribution in [2.75, 3.05) is 10.6 Å². The average Bonchev–Trinajstić information content (AvgIpc) is 2.86. The van der Waals surface area contributed by atoms with E-state index in [9.17, 15) is 0 Å². The van der Waals surface area contributed by atoms with Gasteiger partial charge in [0.25, 0.3) is 0 Å². The van der Waals surface area contributed by atoms with E-state index in [0.29, 0.717) is 5.92 Å². The number of allylic oxidation sites excluding steroid dienone is 3. The molecular formula is C36H38N2. The minimum absolute atomic E-state index is 0.0985. The second kappa shape index (κ2) is 8.91. The van der Waals surface area contributed by atoms with E-state index >= 15 is 0 Å². The molecule has 2 nitrogen and oxygen atoms in total. The number of benzene rings is 5. The summed E-state index contributed by atoms with van der Waals surface area (Å²) < 4.78 is 0. The molecule has 0 bridgehead atoms. The Morgan fingerprint density at radius 1 is 0.711 bits per heavy atom. The van der Waals surface area contributed by atoms with Crippen LogP contribution in [-0.4, -0.2) is 0 Å². The highest BCUT2D eigenvalue weighted by atomic mass is 14.9. The zero-order valence-electron chi connectivity index (χ0n) is 23.7. The lowest BCUT2D eigenvalue weighted by molar-refractivity contribution is 0.591. The first-order valence-corrected chi connectivity index (χ1v) is 13.8. The minimum Gasteiger partial charge on any atom is -0.355 e. The summed E-state index contributed by atoms with van der Waals surface area (Å²) in [5.41, 5.74) is 10.0. The zero-order valence-corrected chi connectivity index (χ0v) is 23.7. The number of anilines is 3. The summed E-state index contributed by atoms with van der Waals surface area (Å²) in [7, 11) is 0. The molecule has 192 valence electrons. The minimum atomic E-state index is 0.0985. The molecule has 2 heteroatoms. The molecule has 1 aliphatic carbocycles. The Balaban J connectivity index is 1.62. The first kappa shape index (κ1) is 24.6. The van der Waals surface area contributed by atoms with Gasteiger partial charge in [0.1, 0.15) is 0 Å². The Morgan fingerprint density at radius 2 is 1.37 bits per heavy atom. The molecule has 0 aromatic heterocycles. The van der Waals surface area contributed by atoms with Crippen LogP contribution in [0, 0.1) is 19.8 Å². The Labute approximate surface area is 226 Å². The monoisotopic (exact) mass is 498 g/mol. The van der Waals surface area contributed by atoms with Gasteiger partial charge in [-0.2, -0.15) is 0 Å². The highest BCUT2D eigenvalue weighted by molar-refractivity contribution is 6.28. The van der Waals surface area contributed by atoms with Gasteiger partial charge in [-0.1, -0.05) is 87.9 Å². The number of nitrogens with one attached hydrogen (secondary N) is 2. The summed E-state index contributed by atoms with van der Waals surface area (Å²) in [4.78, 5) is 0. The van der Waals surface area contributed by atoms with Crippen molar-refractivity contribution in [3.8, 4) is 0 Å². The molecule has 2 N–H and O–H groups in total. The Bertz CT molecular complexity index is 1740. The molecule has 1 unspecified atom stereocenters. The number of rotatable bonds is 4. The lowest BCUT2D eigenvalue weighted by Crippen LogP contribution is -2.11. The van der Waals surface area contributed by atoms with E-state index in [1.807, 2.05) is 0 Å². The summed E-state index contributed by atoms with van der Waals surface area (Å²) >= 11 is 0. The van der Waals surface area contributed by atoms with Gasteiger partial charge >= 0.3 is 0 Å². The first-order valence-electron chi connectivity index (χ1n) is 13.8. The molecule has 0 amide bonds. The van der Waals surface area contributed by atoms with Crippen LogP contribution < -0.4 is 10.6 Å². The maximum atomic E-state index is 3.84. The normalized spacial score (nSPS) is 16.2. The van der Waals surface area contributed by atoms with Gasteiger partial charge < -0.3 is 10.6 Å². The molecule has 38 heavy (non-hydrogen) atoms. The van der Waals surface area contributed by atoms with E-state index < -0.39 is 0 Å². The van der Waals surface area contributed by atoms with Gasteiger partial charge in [-0.15, -0.1) is 0 Å².